The number of furan rings is 1. The van der Waals surface area contributed by atoms with Crippen LogP contribution in [0.2, 0.25) is 0 Å². The molecule has 168 valence electrons. The number of nitrogens with one attached hydrogen (secondary N) is 1. The number of aryl methyl sites for hydroxylation is 1. The summed E-state index contributed by atoms with van der Waals surface area (Å²) in [6.07, 6.45) is 3.28. The lowest BCUT2D eigenvalue weighted by Crippen LogP contribution is -2.18. The van der Waals surface area contributed by atoms with Gasteiger partial charge in [-0.2, -0.15) is 5.26 Å². The number of ether oxygens (including phenoxy) is 1. The molecule has 2 aromatic heterocycles. The molecular weight excluding hydrogens is 430 g/mol. The van der Waals surface area contributed by atoms with Crippen molar-refractivity contribution in [3.05, 3.63) is 84.5 Å². The maximum atomic E-state index is 12.2. The number of hydrogen-bond acceptors (Lipinski definition) is 7. The number of aromatic carboxylic acids is 1. The fraction of sp³-hybridized carbons (Fsp3) is 0.174. The van der Waals surface area contributed by atoms with E-state index in [1.807, 2.05) is 6.92 Å². The Labute approximate surface area is 187 Å². The lowest BCUT2D eigenvalue weighted by atomic mass is 10.0. The van der Waals surface area contributed by atoms with Crippen molar-refractivity contribution < 1.29 is 24.0 Å². The van der Waals surface area contributed by atoms with Crippen LogP contribution in [0.3, 0.4) is 0 Å². The van der Waals surface area contributed by atoms with Gasteiger partial charge in [-0.15, -0.1) is 0 Å². The number of carboxylic acid groups (broad SMARTS) is 1. The van der Waals surface area contributed by atoms with Gasteiger partial charge in [0.1, 0.15) is 28.8 Å². The summed E-state index contributed by atoms with van der Waals surface area (Å²) in [6, 6.07) is 9.87. The molecule has 0 radical (unpaired) electrons. The fourth-order valence-electron chi connectivity index (χ4n) is 3.41. The predicted molar refractivity (Wildman–Crippen MR) is 119 cm³/mol. The Hall–Kier alpha value is -4.49. The molecule has 0 spiro atoms. The number of nitro groups is 1. The van der Waals surface area contributed by atoms with Gasteiger partial charge in [-0.3, -0.25) is 14.9 Å². The van der Waals surface area contributed by atoms with Crippen molar-refractivity contribution >= 4 is 23.8 Å². The van der Waals surface area contributed by atoms with Crippen molar-refractivity contribution in [2.75, 3.05) is 7.11 Å². The molecule has 2 N–H and O–H groups in total. The van der Waals surface area contributed by atoms with Gasteiger partial charge < -0.3 is 19.2 Å². The number of nitrogens with zero attached hydrogens (tertiary/aromatic N) is 2. The molecule has 0 saturated heterocycles. The van der Waals surface area contributed by atoms with Crippen LogP contribution in [0.4, 0.5) is 5.69 Å². The van der Waals surface area contributed by atoms with Crippen LogP contribution in [0, 0.1) is 21.4 Å². The average Bonchev–Trinajstić information content (AvgIpc) is 3.26. The fourth-order valence-corrected chi connectivity index (χ4v) is 3.41. The van der Waals surface area contributed by atoms with Gasteiger partial charge in [0.15, 0.2) is 0 Å². The molecule has 10 heteroatoms. The van der Waals surface area contributed by atoms with E-state index in [2.05, 4.69) is 4.98 Å². The molecule has 3 aromatic rings. The summed E-state index contributed by atoms with van der Waals surface area (Å²) in [6.45, 7) is 1.58. The number of pyridine rings is 1. The van der Waals surface area contributed by atoms with E-state index >= 15 is 0 Å². The third-order valence-electron chi connectivity index (χ3n) is 4.94. The molecule has 0 aliphatic heterocycles. The van der Waals surface area contributed by atoms with Crippen molar-refractivity contribution in [1.82, 2.24) is 4.98 Å². The summed E-state index contributed by atoms with van der Waals surface area (Å²) in [4.78, 5) is 36.9. The number of methoxy groups -OCH3 is 1. The Morgan fingerprint density at radius 2 is 2.09 bits per heavy atom. The number of carbonyl (C=O) groups is 1. The van der Waals surface area contributed by atoms with E-state index in [-0.39, 0.29) is 29.0 Å². The van der Waals surface area contributed by atoms with E-state index in [0.29, 0.717) is 29.1 Å². The number of H-pyrrole nitrogens is 1. The van der Waals surface area contributed by atoms with Crippen molar-refractivity contribution in [3.63, 3.8) is 0 Å². The Bertz CT molecular complexity index is 1360. The average molecular weight is 449 g/mol. The smallest absolute Gasteiger partial charge is 0.335 e. The summed E-state index contributed by atoms with van der Waals surface area (Å²) in [5, 5.41) is 30.1. The normalized spacial score (nSPS) is 10.9. The second kappa shape index (κ2) is 9.76. The maximum Gasteiger partial charge on any atom is 0.335 e. The number of nitriles is 1. The van der Waals surface area contributed by atoms with Crippen molar-refractivity contribution in [3.8, 4) is 17.4 Å². The lowest BCUT2D eigenvalue weighted by molar-refractivity contribution is -0.386. The predicted octanol–water partition coefficient (Wildman–Crippen LogP) is 3.99. The number of aromatic amines is 1. The number of benzene rings is 1. The van der Waals surface area contributed by atoms with E-state index in [1.54, 1.807) is 30.3 Å². The summed E-state index contributed by atoms with van der Waals surface area (Å²) in [7, 11) is 1.30. The van der Waals surface area contributed by atoms with E-state index in [4.69, 9.17) is 9.15 Å². The number of aromatic nitrogens is 1. The number of rotatable bonds is 8. The van der Waals surface area contributed by atoms with E-state index < -0.39 is 22.1 Å². The van der Waals surface area contributed by atoms with Crippen LogP contribution in [0.25, 0.3) is 23.5 Å². The minimum atomic E-state index is -1.01. The van der Waals surface area contributed by atoms with Gasteiger partial charge in [-0.05, 0) is 48.4 Å². The zero-order valence-electron chi connectivity index (χ0n) is 17.7. The third kappa shape index (κ3) is 4.73. The van der Waals surface area contributed by atoms with Crippen LogP contribution < -0.4 is 5.56 Å². The lowest BCUT2D eigenvalue weighted by Gasteiger charge is -2.06. The monoisotopic (exact) mass is 449 g/mol. The zero-order valence-corrected chi connectivity index (χ0v) is 17.7. The van der Waals surface area contributed by atoms with E-state index in [0.717, 1.165) is 0 Å². The SMILES string of the molecule is CCc1cc(-c2ccc(/C=C/c3[nH]c(=O)c(C#N)c(COC)c3[N+](=O)[O-])o2)ccc1C(=O)O. The van der Waals surface area contributed by atoms with Gasteiger partial charge in [-0.1, -0.05) is 13.0 Å². The maximum absolute atomic E-state index is 12.2. The molecule has 0 unspecified atom stereocenters. The largest absolute Gasteiger partial charge is 0.478 e. The van der Waals surface area contributed by atoms with Crippen LogP contribution in [0.1, 0.15) is 45.4 Å². The van der Waals surface area contributed by atoms with Gasteiger partial charge in [0, 0.05) is 12.7 Å². The minimum Gasteiger partial charge on any atom is -0.478 e. The van der Waals surface area contributed by atoms with Gasteiger partial charge in [0.2, 0.25) is 0 Å². The first-order valence-electron chi connectivity index (χ1n) is 9.77. The Kier molecular flexibility index (Phi) is 6.85. The summed E-state index contributed by atoms with van der Waals surface area (Å²) >= 11 is 0. The van der Waals surface area contributed by atoms with Crippen LogP contribution in [0.15, 0.2) is 39.5 Å². The molecule has 2 heterocycles. The summed E-state index contributed by atoms with van der Waals surface area (Å²) < 4.78 is 10.7. The molecule has 0 amide bonds. The highest BCUT2D eigenvalue weighted by atomic mass is 16.6. The molecule has 3 rings (SSSR count). The second-order valence-electron chi connectivity index (χ2n) is 6.94. The molecule has 0 atom stereocenters. The highest BCUT2D eigenvalue weighted by molar-refractivity contribution is 5.90. The molecular formula is C23H19N3O7. The molecule has 33 heavy (non-hydrogen) atoms. The van der Waals surface area contributed by atoms with Gasteiger partial charge >= 0.3 is 5.97 Å². The molecule has 0 aliphatic rings. The first-order chi connectivity index (χ1) is 15.8. The molecule has 10 nitrogen and oxygen atoms in total. The highest BCUT2D eigenvalue weighted by Crippen LogP contribution is 2.28. The zero-order chi connectivity index (χ0) is 24.1. The number of hydrogen-bond donors (Lipinski definition) is 2. The first kappa shape index (κ1) is 23.2. The third-order valence-corrected chi connectivity index (χ3v) is 4.94. The standard InChI is InChI=1S/C23H19N3O7/c1-3-13-10-14(4-7-16(13)23(28)29)20-9-6-15(33-20)5-8-19-21(26(30)31)18(12-32-2)17(11-24)22(27)25-19/h4-10H,3,12H2,1-2H3,(H,25,27)(H,28,29)/b8-5+. The van der Waals surface area contributed by atoms with Crippen LogP contribution >= 0.6 is 0 Å². The van der Waals surface area contributed by atoms with Gasteiger partial charge in [0.25, 0.3) is 11.2 Å². The molecule has 0 saturated carbocycles. The van der Waals surface area contributed by atoms with Crippen molar-refractivity contribution in [1.29, 1.82) is 5.26 Å². The molecule has 0 aliphatic carbocycles. The molecule has 0 fully saturated rings. The Morgan fingerprint density at radius 3 is 2.70 bits per heavy atom. The van der Waals surface area contributed by atoms with Gasteiger partial charge in [0.05, 0.1) is 22.7 Å². The van der Waals surface area contributed by atoms with E-state index in [1.165, 1.54) is 25.3 Å². The van der Waals surface area contributed by atoms with Crippen LogP contribution in [-0.2, 0) is 17.8 Å². The number of carboxylic acids is 1. The van der Waals surface area contributed by atoms with Crippen LogP contribution in [0.5, 0.6) is 0 Å². The topological polar surface area (TPSA) is 159 Å². The van der Waals surface area contributed by atoms with Crippen LogP contribution in [-0.4, -0.2) is 28.1 Å². The van der Waals surface area contributed by atoms with Crippen molar-refractivity contribution in [2.45, 2.75) is 20.0 Å². The summed E-state index contributed by atoms with van der Waals surface area (Å²) in [5.74, 6) is -0.186. The molecule has 1 aromatic carbocycles. The Morgan fingerprint density at radius 1 is 1.33 bits per heavy atom. The summed E-state index contributed by atoms with van der Waals surface area (Å²) in [5.41, 5.74) is -0.239. The quantitative estimate of drug-likeness (QED) is 0.385. The second-order valence-corrected chi connectivity index (χ2v) is 6.94. The minimum absolute atomic E-state index is 0.104. The van der Waals surface area contributed by atoms with Gasteiger partial charge in [-0.25, -0.2) is 4.79 Å². The molecule has 0 bridgehead atoms. The first-order valence-corrected chi connectivity index (χ1v) is 9.77. The highest BCUT2D eigenvalue weighted by Gasteiger charge is 2.25. The van der Waals surface area contributed by atoms with Crippen molar-refractivity contribution in [2.24, 2.45) is 0 Å². The van der Waals surface area contributed by atoms with E-state index in [9.17, 15) is 30.1 Å². The Balaban J connectivity index is 2.00.